The number of sulfonamides is 1. The number of rotatable bonds is 11. The summed E-state index contributed by atoms with van der Waals surface area (Å²) >= 11 is 6.17. The van der Waals surface area contributed by atoms with E-state index in [0.29, 0.717) is 11.4 Å². The number of benzene rings is 2. The molecule has 0 spiro atoms. The van der Waals surface area contributed by atoms with Gasteiger partial charge in [-0.05, 0) is 49.9 Å². The molecule has 10 heteroatoms. The Morgan fingerprint density at radius 2 is 1.84 bits per heavy atom. The first-order valence-electron chi connectivity index (χ1n) is 13.0. The fourth-order valence-corrected chi connectivity index (χ4v) is 5.94. The second-order valence-corrected chi connectivity index (χ2v) is 12.2. The maximum absolute atomic E-state index is 13.9. The van der Waals surface area contributed by atoms with Gasteiger partial charge in [0.1, 0.15) is 18.3 Å². The second-order valence-electron chi connectivity index (χ2n) is 9.86. The monoisotopic (exact) mass is 563 g/mol. The lowest BCUT2D eigenvalue weighted by molar-refractivity contribution is -0.140. The van der Waals surface area contributed by atoms with Crippen molar-refractivity contribution in [2.24, 2.45) is 0 Å². The summed E-state index contributed by atoms with van der Waals surface area (Å²) in [7, 11) is -2.49. The number of hydrogen-bond donors (Lipinski definition) is 1. The molecule has 0 radical (unpaired) electrons. The van der Waals surface area contributed by atoms with Gasteiger partial charge in [-0.2, -0.15) is 0 Å². The molecule has 2 amide bonds. The van der Waals surface area contributed by atoms with E-state index in [1.807, 2.05) is 38.1 Å². The molecule has 0 aromatic heterocycles. The Kier molecular flexibility index (Phi) is 10.4. The first-order valence-corrected chi connectivity index (χ1v) is 15.2. The van der Waals surface area contributed by atoms with Crippen LogP contribution in [0.2, 0.25) is 5.02 Å². The Morgan fingerprint density at radius 3 is 2.45 bits per heavy atom. The number of aryl methyl sites for hydroxylation is 1. The molecule has 2 aromatic rings. The average molecular weight is 564 g/mol. The van der Waals surface area contributed by atoms with E-state index in [9.17, 15) is 18.0 Å². The van der Waals surface area contributed by atoms with E-state index >= 15 is 0 Å². The first-order chi connectivity index (χ1) is 18.0. The molecule has 1 atom stereocenters. The molecule has 1 saturated carbocycles. The molecule has 0 aliphatic heterocycles. The van der Waals surface area contributed by atoms with Crippen molar-refractivity contribution in [2.45, 2.75) is 71.0 Å². The van der Waals surface area contributed by atoms with Gasteiger partial charge in [-0.25, -0.2) is 8.42 Å². The third-order valence-electron chi connectivity index (χ3n) is 6.86. The predicted octanol–water partition coefficient (Wildman–Crippen LogP) is 4.68. The lowest BCUT2D eigenvalue weighted by Gasteiger charge is -2.34. The summed E-state index contributed by atoms with van der Waals surface area (Å²) < 4.78 is 32.1. The fraction of sp³-hybridized carbons (Fsp3) is 0.500. The van der Waals surface area contributed by atoms with Gasteiger partial charge < -0.3 is 15.0 Å². The van der Waals surface area contributed by atoms with Gasteiger partial charge in [0, 0.05) is 17.6 Å². The van der Waals surface area contributed by atoms with E-state index in [0.717, 1.165) is 53.8 Å². The molecule has 3 rings (SSSR count). The summed E-state index contributed by atoms with van der Waals surface area (Å²) in [6, 6.07) is 11.6. The maximum atomic E-state index is 13.9. The van der Waals surface area contributed by atoms with Gasteiger partial charge in [-0.3, -0.25) is 13.9 Å². The van der Waals surface area contributed by atoms with E-state index in [-0.39, 0.29) is 29.9 Å². The zero-order chi connectivity index (χ0) is 27.9. The molecule has 1 fully saturated rings. The molecule has 0 bridgehead atoms. The summed E-state index contributed by atoms with van der Waals surface area (Å²) in [5.41, 5.74) is 2.04. The van der Waals surface area contributed by atoms with Crippen molar-refractivity contribution in [3.63, 3.8) is 0 Å². The number of amides is 2. The van der Waals surface area contributed by atoms with Gasteiger partial charge >= 0.3 is 0 Å². The van der Waals surface area contributed by atoms with Crippen LogP contribution in [0, 0.1) is 6.92 Å². The Labute approximate surface area is 231 Å². The second kappa shape index (κ2) is 13.3. The molecular weight excluding hydrogens is 526 g/mol. The summed E-state index contributed by atoms with van der Waals surface area (Å²) in [6.07, 6.45) is 6.55. The molecular formula is C28H38ClN3O5S. The van der Waals surface area contributed by atoms with Crippen molar-refractivity contribution in [1.82, 2.24) is 10.2 Å². The number of nitrogens with zero attached hydrogens (tertiary/aromatic N) is 2. The van der Waals surface area contributed by atoms with Crippen LogP contribution in [0.25, 0.3) is 0 Å². The van der Waals surface area contributed by atoms with Crippen LogP contribution < -0.4 is 14.4 Å². The third-order valence-corrected chi connectivity index (χ3v) is 8.22. The quantitative estimate of drug-likeness (QED) is 0.428. The summed E-state index contributed by atoms with van der Waals surface area (Å²) in [5, 5.41) is 3.44. The van der Waals surface area contributed by atoms with Gasteiger partial charge in [0.25, 0.3) is 0 Å². The third kappa shape index (κ3) is 7.86. The van der Waals surface area contributed by atoms with Crippen molar-refractivity contribution in [3.05, 3.63) is 58.6 Å². The minimum Gasteiger partial charge on any atom is -0.495 e. The Bertz CT molecular complexity index is 1230. The summed E-state index contributed by atoms with van der Waals surface area (Å²) in [4.78, 5) is 28.9. The highest BCUT2D eigenvalue weighted by Gasteiger charge is 2.33. The molecule has 1 unspecified atom stereocenters. The van der Waals surface area contributed by atoms with Crippen molar-refractivity contribution < 1.29 is 22.7 Å². The van der Waals surface area contributed by atoms with Crippen LogP contribution in [0.3, 0.4) is 0 Å². The Balaban J connectivity index is 1.96. The standard InChI is InChI=1S/C28H38ClN3O5S/c1-5-24(28(34)30-23-12-7-6-8-13-23)31(18-21-11-9-10-20(2)16-21)27(33)19-32(38(4,35)36)25-17-22(29)14-15-26(25)37-3/h9-11,14-17,23-24H,5-8,12-13,18-19H2,1-4H3,(H,30,34). The van der Waals surface area contributed by atoms with Crippen LogP contribution in [0.15, 0.2) is 42.5 Å². The van der Waals surface area contributed by atoms with Gasteiger partial charge in [0.2, 0.25) is 21.8 Å². The molecule has 208 valence electrons. The molecule has 0 heterocycles. The van der Waals surface area contributed by atoms with Gasteiger partial charge in [0.15, 0.2) is 0 Å². The SMILES string of the molecule is CCC(C(=O)NC1CCCCC1)N(Cc1cccc(C)c1)C(=O)CN(c1cc(Cl)ccc1OC)S(C)(=O)=O. The number of methoxy groups -OCH3 is 1. The fourth-order valence-electron chi connectivity index (χ4n) is 4.92. The van der Waals surface area contributed by atoms with Crippen LogP contribution in [-0.2, 0) is 26.2 Å². The van der Waals surface area contributed by atoms with Crippen molar-refractivity contribution in [1.29, 1.82) is 0 Å². The van der Waals surface area contributed by atoms with Crippen LogP contribution in [-0.4, -0.2) is 57.1 Å². The Hall–Kier alpha value is -2.78. The van der Waals surface area contributed by atoms with Crippen LogP contribution in [0.1, 0.15) is 56.6 Å². The maximum Gasteiger partial charge on any atom is 0.244 e. The van der Waals surface area contributed by atoms with E-state index in [1.165, 1.54) is 18.1 Å². The number of ether oxygens (including phenoxy) is 1. The van der Waals surface area contributed by atoms with Gasteiger partial charge in [0.05, 0.1) is 19.1 Å². The minimum absolute atomic E-state index is 0.0875. The minimum atomic E-state index is -3.90. The van der Waals surface area contributed by atoms with E-state index in [2.05, 4.69) is 5.32 Å². The molecule has 38 heavy (non-hydrogen) atoms. The number of hydrogen-bond acceptors (Lipinski definition) is 5. The number of halogens is 1. The topological polar surface area (TPSA) is 96.0 Å². The van der Waals surface area contributed by atoms with Crippen molar-refractivity contribution in [3.8, 4) is 5.75 Å². The van der Waals surface area contributed by atoms with Gasteiger partial charge in [-0.1, -0.05) is 67.6 Å². The molecule has 0 saturated heterocycles. The largest absolute Gasteiger partial charge is 0.495 e. The highest BCUT2D eigenvalue weighted by molar-refractivity contribution is 7.92. The number of nitrogens with one attached hydrogen (secondary N) is 1. The van der Waals surface area contributed by atoms with Crippen molar-refractivity contribution >= 4 is 39.1 Å². The zero-order valence-corrected chi connectivity index (χ0v) is 24.1. The van der Waals surface area contributed by atoms with E-state index in [1.54, 1.807) is 12.1 Å². The van der Waals surface area contributed by atoms with Crippen LogP contribution in [0.5, 0.6) is 5.75 Å². The lowest BCUT2D eigenvalue weighted by atomic mass is 9.95. The zero-order valence-electron chi connectivity index (χ0n) is 22.6. The van der Waals surface area contributed by atoms with E-state index in [4.69, 9.17) is 16.3 Å². The lowest BCUT2D eigenvalue weighted by Crippen LogP contribution is -2.54. The predicted molar refractivity (Wildman–Crippen MR) is 151 cm³/mol. The molecule has 8 nitrogen and oxygen atoms in total. The highest BCUT2D eigenvalue weighted by atomic mass is 35.5. The molecule has 2 aromatic carbocycles. The van der Waals surface area contributed by atoms with E-state index < -0.39 is 28.5 Å². The Morgan fingerprint density at radius 1 is 1.13 bits per heavy atom. The summed E-state index contributed by atoms with van der Waals surface area (Å²) in [5.74, 6) is -0.448. The molecule has 1 aliphatic rings. The average Bonchev–Trinajstić information content (AvgIpc) is 2.87. The number of anilines is 1. The highest BCUT2D eigenvalue weighted by Crippen LogP contribution is 2.33. The number of carbonyl (C=O) groups excluding carboxylic acids is 2. The summed E-state index contributed by atoms with van der Waals surface area (Å²) in [6.45, 7) is 3.48. The first kappa shape index (κ1) is 29.8. The van der Waals surface area contributed by atoms with Crippen LogP contribution in [0.4, 0.5) is 5.69 Å². The smallest absolute Gasteiger partial charge is 0.244 e. The molecule has 1 N–H and O–H groups in total. The van der Waals surface area contributed by atoms with Crippen LogP contribution >= 0.6 is 11.6 Å². The normalized spacial score (nSPS) is 15.0. The molecule has 1 aliphatic carbocycles. The number of carbonyl (C=O) groups is 2. The van der Waals surface area contributed by atoms with Crippen molar-refractivity contribution in [2.75, 3.05) is 24.2 Å². The van der Waals surface area contributed by atoms with Gasteiger partial charge in [-0.15, -0.1) is 0 Å².